The zero-order chi connectivity index (χ0) is 24.6. The number of likely N-dealkylation sites (N-methyl/N-ethyl adjacent to an activating group) is 2. The van der Waals surface area contributed by atoms with Crippen molar-refractivity contribution in [1.29, 1.82) is 0 Å². The predicted octanol–water partition coefficient (Wildman–Crippen LogP) is 2.83. The summed E-state index contributed by atoms with van der Waals surface area (Å²) in [5.41, 5.74) is 0.299. The van der Waals surface area contributed by atoms with Crippen LogP contribution in [0.1, 0.15) is 40.6 Å². The lowest BCUT2D eigenvalue weighted by molar-refractivity contribution is -0.116. The number of nitrogens with zero attached hydrogens (tertiary/aromatic N) is 1. The van der Waals surface area contributed by atoms with Crippen LogP contribution < -0.4 is 16.0 Å². The highest BCUT2D eigenvalue weighted by Gasteiger charge is 2.34. The number of aliphatic hydroxyl groups is 1. The number of hydrogen-bond acceptors (Lipinski definition) is 6. The SMILES string of the molecule is C=C(/C(=C\N(C)CC(=O)Nc1sc2c(c1C(=O)NCCO)CCCC2)CNCC)C(F)(F)F. The second-order valence-electron chi connectivity index (χ2n) is 7.77. The second kappa shape index (κ2) is 12.2. The predicted molar refractivity (Wildman–Crippen MR) is 123 cm³/mol. The maximum absolute atomic E-state index is 13.1. The highest BCUT2D eigenvalue weighted by atomic mass is 32.1. The van der Waals surface area contributed by atoms with Crippen LogP contribution in [0.2, 0.25) is 0 Å². The summed E-state index contributed by atoms with van der Waals surface area (Å²) < 4.78 is 39.4. The fraction of sp³-hybridized carbons (Fsp3) is 0.545. The van der Waals surface area contributed by atoms with Crippen molar-refractivity contribution >= 4 is 28.2 Å². The maximum atomic E-state index is 13.1. The third-order valence-corrected chi connectivity index (χ3v) is 6.32. The molecule has 0 saturated carbocycles. The number of fused-ring (bicyclic) bond motifs is 1. The molecule has 2 amide bonds. The van der Waals surface area contributed by atoms with E-state index in [0.29, 0.717) is 17.1 Å². The van der Waals surface area contributed by atoms with Crippen molar-refractivity contribution < 1.29 is 27.9 Å². The van der Waals surface area contributed by atoms with Gasteiger partial charge in [-0.2, -0.15) is 13.2 Å². The highest BCUT2D eigenvalue weighted by molar-refractivity contribution is 7.17. The van der Waals surface area contributed by atoms with Crippen LogP contribution >= 0.6 is 11.3 Å². The van der Waals surface area contributed by atoms with Crippen molar-refractivity contribution in [3.8, 4) is 0 Å². The molecule has 0 aliphatic heterocycles. The Hall–Kier alpha value is -2.37. The Kier molecular flexibility index (Phi) is 9.93. The third kappa shape index (κ3) is 7.58. The highest BCUT2D eigenvalue weighted by Crippen LogP contribution is 2.38. The normalized spacial score (nSPS) is 13.9. The van der Waals surface area contributed by atoms with Crippen LogP contribution in [0.15, 0.2) is 23.9 Å². The van der Waals surface area contributed by atoms with Gasteiger partial charge in [0.15, 0.2) is 0 Å². The quantitative estimate of drug-likeness (QED) is 0.360. The topological polar surface area (TPSA) is 93.7 Å². The molecule has 0 unspecified atom stereocenters. The number of halogens is 3. The van der Waals surface area contributed by atoms with Crippen LogP contribution in [-0.4, -0.2) is 67.8 Å². The van der Waals surface area contributed by atoms with Crippen LogP contribution in [0.25, 0.3) is 0 Å². The van der Waals surface area contributed by atoms with Gasteiger partial charge in [0.2, 0.25) is 5.91 Å². The number of nitrogens with one attached hydrogen (secondary N) is 3. The first-order valence-corrected chi connectivity index (χ1v) is 11.6. The van der Waals surface area contributed by atoms with Gasteiger partial charge in [0.1, 0.15) is 5.00 Å². The van der Waals surface area contributed by atoms with E-state index in [1.807, 2.05) is 0 Å². The molecule has 11 heteroatoms. The molecule has 1 aliphatic carbocycles. The van der Waals surface area contributed by atoms with Crippen molar-refractivity contribution in [3.63, 3.8) is 0 Å². The Balaban J connectivity index is 2.17. The van der Waals surface area contributed by atoms with E-state index >= 15 is 0 Å². The van der Waals surface area contributed by atoms with Crippen LogP contribution in [-0.2, 0) is 17.6 Å². The van der Waals surface area contributed by atoms with Crippen molar-refractivity contribution in [2.24, 2.45) is 0 Å². The van der Waals surface area contributed by atoms with Crippen molar-refractivity contribution in [2.75, 3.05) is 45.2 Å². The van der Waals surface area contributed by atoms with Crippen LogP contribution in [0.3, 0.4) is 0 Å². The smallest absolute Gasteiger partial charge is 0.395 e. The van der Waals surface area contributed by atoms with Gasteiger partial charge in [-0.3, -0.25) is 9.59 Å². The summed E-state index contributed by atoms with van der Waals surface area (Å²) in [7, 11) is 1.50. The molecule has 1 heterocycles. The number of amides is 2. The lowest BCUT2D eigenvalue weighted by atomic mass is 9.95. The molecule has 184 valence electrons. The number of rotatable bonds is 11. The minimum absolute atomic E-state index is 0.0341. The first-order chi connectivity index (χ1) is 15.6. The first kappa shape index (κ1) is 26.9. The average Bonchev–Trinajstić information content (AvgIpc) is 3.11. The standard InChI is InChI=1S/C22H31F3N4O3S/c1-4-26-11-15(14(2)22(23,24)25)12-29(3)13-18(31)28-21-19(20(32)27-9-10-30)16-7-5-6-8-17(16)33-21/h12,26,30H,2,4-11,13H2,1,3H3,(H,27,32)(H,28,31)/b15-12-. The van der Waals surface area contributed by atoms with E-state index in [-0.39, 0.29) is 37.7 Å². The molecule has 0 atom stereocenters. The number of hydrogen-bond donors (Lipinski definition) is 4. The van der Waals surface area contributed by atoms with Gasteiger partial charge in [-0.1, -0.05) is 13.5 Å². The molecule has 0 saturated heterocycles. The molecule has 0 fully saturated rings. The van der Waals surface area contributed by atoms with Crippen LogP contribution in [0, 0.1) is 0 Å². The van der Waals surface area contributed by atoms with Gasteiger partial charge < -0.3 is 26.0 Å². The van der Waals surface area contributed by atoms with E-state index in [4.69, 9.17) is 5.11 Å². The number of thiophene rings is 1. The van der Waals surface area contributed by atoms with Crippen molar-refractivity contribution in [3.05, 3.63) is 39.9 Å². The van der Waals surface area contributed by atoms with Gasteiger partial charge in [-0.15, -0.1) is 11.3 Å². The van der Waals surface area contributed by atoms with Gasteiger partial charge in [-0.05, 0) is 43.4 Å². The Bertz CT molecular complexity index is 896. The van der Waals surface area contributed by atoms with E-state index in [1.165, 1.54) is 29.5 Å². The summed E-state index contributed by atoms with van der Waals surface area (Å²) in [6, 6.07) is 0. The van der Waals surface area contributed by atoms with Gasteiger partial charge >= 0.3 is 6.18 Å². The number of carbonyl (C=O) groups excluding carboxylic acids is 2. The Morgan fingerprint density at radius 1 is 1.27 bits per heavy atom. The van der Waals surface area contributed by atoms with Gasteiger partial charge in [-0.25, -0.2) is 0 Å². The summed E-state index contributed by atoms with van der Waals surface area (Å²) in [6.45, 7) is 5.07. The van der Waals surface area contributed by atoms with E-state index in [1.54, 1.807) is 6.92 Å². The first-order valence-electron chi connectivity index (χ1n) is 10.8. The molecule has 0 aromatic carbocycles. The van der Waals surface area contributed by atoms with Crippen molar-refractivity contribution in [2.45, 2.75) is 38.8 Å². The minimum Gasteiger partial charge on any atom is -0.395 e. The minimum atomic E-state index is -4.57. The summed E-state index contributed by atoms with van der Waals surface area (Å²) in [5.74, 6) is -0.814. The molecule has 0 radical (unpaired) electrons. The fourth-order valence-corrected chi connectivity index (χ4v) is 4.83. The average molecular weight is 489 g/mol. The number of anilines is 1. The fourth-order valence-electron chi connectivity index (χ4n) is 3.53. The molecule has 0 spiro atoms. The molecular weight excluding hydrogens is 457 g/mol. The largest absolute Gasteiger partial charge is 0.416 e. The molecule has 33 heavy (non-hydrogen) atoms. The zero-order valence-corrected chi connectivity index (χ0v) is 19.7. The van der Waals surface area contributed by atoms with Crippen LogP contribution in [0.4, 0.5) is 18.2 Å². The van der Waals surface area contributed by atoms with Gasteiger partial charge in [0, 0.05) is 31.2 Å². The molecule has 1 aromatic heterocycles. The summed E-state index contributed by atoms with van der Waals surface area (Å²) in [6.07, 6.45) is 0.196. The third-order valence-electron chi connectivity index (χ3n) is 5.11. The summed E-state index contributed by atoms with van der Waals surface area (Å²) >= 11 is 1.35. The molecule has 2 rings (SSSR count). The Morgan fingerprint density at radius 2 is 1.97 bits per heavy atom. The molecule has 7 nitrogen and oxygen atoms in total. The number of carbonyl (C=O) groups is 2. The number of alkyl halides is 3. The maximum Gasteiger partial charge on any atom is 0.416 e. The number of aryl methyl sites for hydroxylation is 1. The Labute approximate surface area is 195 Å². The number of aliphatic hydroxyl groups excluding tert-OH is 1. The lowest BCUT2D eigenvalue weighted by Crippen LogP contribution is -2.31. The van der Waals surface area contributed by atoms with Crippen LogP contribution in [0.5, 0.6) is 0 Å². The summed E-state index contributed by atoms with van der Waals surface area (Å²) in [5, 5.41) is 17.7. The van der Waals surface area contributed by atoms with Gasteiger partial charge in [0.05, 0.1) is 24.3 Å². The molecular formula is C22H31F3N4O3S. The van der Waals surface area contributed by atoms with E-state index < -0.39 is 17.7 Å². The molecule has 4 N–H and O–H groups in total. The lowest BCUT2D eigenvalue weighted by Gasteiger charge is -2.19. The summed E-state index contributed by atoms with van der Waals surface area (Å²) in [4.78, 5) is 27.8. The van der Waals surface area contributed by atoms with Crippen molar-refractivity contribution in [1.82, 2.24) is 15.5 Å². The zero-order valence-electron chi connectivity index (χ0n) is 18.9. The van der Waals surface area contributed by atoms with E-state index in [2.05, 4.69) is 22.5 Å². The van der Waals surface area contributed by atoms with Gasteiger partial charge in [0.25, 0.3) is 5.91 Å². The second-order valence-corrected chi connectivity index (χ2v) is 8.87. The van der Waals surface area contributed by atoms with E-state index in [9.17, 15) is 22.8 Å². The van der Waals surface area contributed by atoms with E-state index in [0.717, 1.165) is 36.1 Å². The monoisotopic (exact) mass is 488 g/mol. The molecule has 1 aromatic rings. The Morgan fingerprint density at radius 3 is 2.61 bits per heavy atom. The molecule has 1 aliphatic rings. The molecule has 0 bridgehead atoms.